The highest BCUT2D eigenvalue weighted by molar-refractivity contribution is 5.94. The number of benzene rings is 1. The Morgan fingerprint density at radius 2 is 2.00 bits per heavy atom. The molecule has 1 aliphatic heterocycles. The van der Waals surface area contributed by atoms with Crippen molar-refractivity contribution in [1.29, 1.82) is 0 Å². The van der Waals surface area contributed by atoms with Crippen LogP contribution in [0.4, 0.5) is 13.2 Å². The number of rotatable bonds is 5. The number of hydrogen-bond acceptors (Lipinski definition) is 2. The number of halogens is 3. The van der Waals surface area contributed by atoms with E-state index in [1.165, 1.54) is 0 Å². The Hall–Kier alpha value is -1.56. The summed E-state index contributed by atoms with van der Waals surface area (Å²) in [6.07, 6.45) is 2.77. The van der Waals surface area contributed by atoms with E-state index in [9.17, 15) is 18.0 Å². The van der Waals surface area contributed by atoms with Crippen LogP contribution < -0.4 is 5.32 Å². The molecule has 1 aliphatic rings. The molecule has 1 unspecified atom stereocenters. The van der Waals surface area contributed by atoms with Crippen LogP contribution in [0, 0.1) is 17.5 Å². The van der Waals surface area contributed by atoms with Crippen molar-refractivity contribution in [2.24, 2.45) is 0 Å². The highest BCUT2D eigenvalue weighted by Gasteiger charge is 2.23. The van der Waals surface area contributed by atoms with E-state index < -0.39 is 23.4 Å². The van der Waals surface area contributed by atoms with Crippen LogP contribution in [0.25, 0.3) is 0 Å². The normalized spacial score (nSPS) is 18.0. The van der Waals surface area contributed by atoms with Crippen molar-refractivity contribution in [2.75, 3.05) is 19.6 Å². The van der Waals surface area contributed by atoms with Crippen molar-refractivity contribution in [3.05, 3.63) is 35.1 Å². The van der Waals surface area contributed by atoms with E-state index in [1.54, 1.807) is 4.90 Å². The smallest absolute Gasteiger partial charge is 0.254 e. The zero-order valence-electron chi connectivity index (χ0n) is 12.0. The maximum absolute atomic E-state index is 13.3. The van der Waals surface area contributed by atoms with Crippen LogP contribution in [-0.4, -0.2) is 36.5 Å². The molecule has 0 bridgehead atoms. The minimum Gasteiger partial charge on any atom is -0.337 e. The fourth-order valence-corrected chi connectivity index (χ4v) is 2.59. The van der Waals surface area contributed by atoms with Crippen molar-refractivity contribution in [2.45, 2.75) is 32.2 Å². The van der Waals surface area contributed by atoms with Crippen LogP contribution in [0.1, 0.15) is 36.5 Å². The van der Waals surface area contributed by atoms with Gasteiger partial charge in [0.05, 0.1) is 0 Å². The fraction of sp³-hybridized carbons (Fsp3) is 0.533. The molecule has 1 heterocycles. The van der Waals surface area contributed by atoms with Gasteiger partial charge in [0.2, 0.25) is 0 Å². The minimum atomic E-state index is -1.55. The fourth-order valence-electron chi connectivity index (χ4n) is 2.59. The second-order valence-electron chi connectivity index (χ2n) is 5.30. The summed E-state index contributed by atoms with van der Waals surface area (Å²) >= 11 is 0. The number of amides is 1. The highest BCUT2D eigenvalue weighted by Crippen LogP contribution is 2.16. The highest BCUT2D eigenvalue weighted by atomic mass is 19.2. The summed E-state index contributed by atoms with van der Waals surface area (Å²) in [6, 6.07) is 1.72. The molecule has 21 heavy (non-hydrogen) atoms. The SMILES string of the molecule is CCCN(CC1CCCN1)C(=O)c1cc(F)c(F)c(F)c1. The Morgan fingerprint density at radius 1 is 1.33 bits per heavy atom. The van der Waals surface area contributed by atoms with Crippen LogP contribution >= 0.6 is 0 Å². The van der Waals surface area contributed by atoms with E-state index in [0.717, 1.165) is 37.9 Å². The first-order valence-corrected chi connectivity index (χ1v) is 7.20. The molecule has 1 N–H and O–H groups in total. The summed E-state index contributed by atoms with van der Waals surface area (Å²) in [6.45, 7) is 3.83. The van der Waals surface area contributed by atoms with Gasteiger partial charge in [-0.1, -0.05) is 6.92 Å². The molecule has 116 valence electrons. The summed E-state index contributed by atoms with van der Waals surface area (Å²) in [5.41, 5.74) is -0.155. The minimum absolute atomic E-state index is 0.155. The molecule has 1 fully saturated rings. The molecule has 1 atom stereocenters. The van der Waals surface area contributed by atoms with E-state index in [2.05, 4.69) is 5.32 Å². The first-order valence-electron chi connectivity index (χ1n) is 7.20. The average Bonchev–Trinajstić information content (AvgIpc) is 2.96. The van der Waals surface area contributed by atoms with Crippen molar-refractivity contribution >= 4 is 5.91 Å². The predicted octanol–water partition coefficient (Wildman–Crippen LogP) is 2.71. The third kappa shape index (κ3) is 3.75. The Labute approximate surface area is 122 Å². The van der Waals surface area contributed by atoms with Gasteiger partial charge in [-0.2, -0.15) is 0 Å². The Morgan fingerprint density at radius 3 is 2.52 bits per heavy atom. The lowest BCUT2D eigenvalue weighted by Crippen LogP contribution is -2.41. The summed E-state index contributed by atoms with van der Waals surface area (Å²) in [5, 5.41) is 3.28. The number of nitrogens with one attached hydrogen (secondary N) is 1. The van der Waals surface area contributed by atoms with Crippen molar-refractivity contribution in [3.63, 3.8) is 0 Å². The first-order chi connectivity index (χ1) is 10.0. The van der Waals surface area contributed by atoms with E-state index in [1.807, 2.05) is 6.92 Å². The zero-order chi connectivity index (χ0) is 15.4. The van der Waals surface area contributed by atoms with Crippen molar-refractivity contribution < 1.29 is 18.0 Å². The lowest BCUT2D eigenvalue weighted by Gasteiger charge is -2.25. The third-order valence-electron chi connectivity index (χ3n) is 3.61. The standard InChI is InChI=1S/C15H19F3N2O/c1-2-6-20(9-11-4-3-5-19-11)15(21)10-7-12(16)14(18)13(17)8-10/h7-8,11,19H,2-6,9H2,1H3. The molecule has 1 aromatic carbocycles. The number of carbonyl (C=O) groups excluding carboxylic acids is 1. The summed E-state index contributed by atoms with van der Waals surface area (Å²) in [5.74, 6) is -4.70. The maximum Gasteiger partial charge on any atom is 0.254 e. The Kier molecular flexibility index (Phi) is 5.22. The molecule has 0 radical (unpaired) electrons. The second kappa shape index (κ2) is 6.93. The molecule has 6 heteroatoms. The van der Waals surface area contributed by atoms with E-state index >= 15 is 0 Å². The van der Waals surface area contributed by atoms with Gasteiger partial charge < -0.3 is 10.2 Å². The molecule has 0 spiro atoms. The Balaban J connectivity index is 2.17. The number of nitrogens with zero attached hydrogens (tertiary/aromatic N) is 1. The third-order valence-corrected chi connectivity index (χ3v) is 3.61. The van der Waals surface area contributed by atoms with Crippen LogP contribution in [-0.2, 0) is 0 Å². The topological polar surface area (TPSA) is 32.3 Å². The molecule has 0 aromatic heterocycles. The van der Waals surface area contributed by atoms with Gasteiger partial charge in [0.1, 0.15) is 0 Å². The lowest BCUT2D eigenvalue weighted by molar-refractivity contribution is 0.0740. The van der Waals surface area contributed by atoms with Gasteiger partial charge in [-0.3, -0.25) is 4.79 Å². The molecule has 1 amide bonds. The summed E-state index contributed by atoms with van der Waals surface area (Å²) in [7, 11) is 0. The molecular formula is C15H19F3N2O. The summed E-state index contributed by atoms with van der Waals surface area (Å²) in [4.78, 5) is 13.9. The van der Waals surface area contributed by atoms with Crippen molar-refractivity contribution in [3.8, 4) is 0 Å². The molecule has 1 aromatic rings. The van der Waals surface area contributed by atoms with Gasteiger partial charge in [0, 0.05) is 24.7 Å². The molecule has 0 aliphatic carbocycles. The molecule has 1 saturated heterocycles. The Bertz CT molecular complexity index is 493. The zero-order valence-corrected chi connectivity index (χ0v) is 12.0. The van der Waals surface area contributed by atoms with E-state index in [-0.39, 0.29) is 11.6 Å². The van der Waals surface area contributed by atoms with Gasteiger partial charge in [-0.15, -0.1) is 0 Å². The molecule has 0 saturated carbocycles. The van der Waals surface area contributed by atoms with E-state index in [4.69, 9.17) is 0 Å². The van der Waals surface area contributed by atoms with E-state index in [0.29, 0.717) is 13.1 Å². The van der Waals surface area contributed by atoms with Crippen LogP contribution in [0.15, 0.2) is 12.1 Å². The quantitative estimate of drug-likeness (QED) is 0.848. The molecular weight excluding hydrogens is 281 g/mol. The number of hydrogen-bond donors (Lipinski definition) is 1. The van der Waals surface area contributed by atoms with Crippen molar-refractivity contribution in [1.82, 2.24) is 10.2 Å². The van der Waals surface area contributed by atoms with Crippen LogP contribution in [0.5, 0.6) is 0 Å². The lowest BCUT2D eigenvalue weighted by atomic mass is 10.1. The summed E-state index contributed by atoms with van der Waals surface area (Å²) < 4.78 is 39.5. The van der Waals surface area contributed by atoms with Gasteiger partial charge >= 0.3 is 0 Å². The number of carbonyl (C=O) groups is 1. The monoisotopic (exact) mass is 300 g/mol. The second-order valence-corrected chi connectivity index (χ2v) is 5.30. The van der Waals surface area contributed by atoms with Gasteiger partial charge in [0.15, 0.2) is 17.5 Å². The van der Waals surface area contributed by atoms with Crippen LogP contribution in [0.2, 0.25) is 0 Å². The maximum atomic E-state index is 13.3. The average molecular weight is 300 g/mol. The molecule has 3 nitrogen and oxygen atoms in total. The first kappa shape index (κ1) is 15.8. The molecule has 2 rings (SSSR count). The van der Waals surface area contributed by atoms with Gasteiger partial charge in [-0.05, 0) is 37.9 Å². The largest absolute Gasteiger partial charge is 0.337 e. The van der Waals surface area contributed by atoms with Gasteiger partial charge in [-0.25, -0.2) is 13.2 Å². The van der Waals surface area contributed by atoms with Crippen LogP contribution in [0.3, 0.4) is 0 Å². The van der Waals surface area contributed by atoms with Gasteiger partial charge in [0.25, 0.3) is 5.91 Å². The predicted molar refractivity (Wildman–Crippen MR) is 73.5 cm³/mol.